The van der Waals surface area contributed by atoms with Gasteiger partial charge in [-0.3, -0.25) is 0 Å². The Balaban J connectivity index is 1.85. The molecule has 0 amide bonds. The predicted molar refractivity (Wildman–Crippen MR) is 77.1 cm³/mol. The molecule has 0 bridgehead atoms. The van der Waals surface area contributed by atoms with Gasteiger partial charge in [0.05, 0.1) is 0 Å². The summed E-state index contributed by atoms with van der Waals surface area (Å²) >= 11 is 0. The van der Waals surface area contributed by atoms with Gasteiger partial charge in [-0.1, -0.05) is 0 Å². The highest BCUT2D eigenvalue weighted by atomic mass is 19.1. The van der Waals surface area contributed by atoms with E-state index in [9.17, 15) is 8.78 Å². The molecule has 0 radical (unpaired) electrons. The number of rotatable bonds is 3. The standard InChI is InChI=1S/C16H17F2N3/c1-10-20-15-5-3-2-4-13(15)16(21-10)19-9-11-8-12(17)6-7-14(11)18/h6-8H,2-5,9H2,1H3,(H,19,20,21). The molecule has 1 N–H and O–H groups in total. The molecule has 0 unspecified atom stereocenters. The molecule has 1 aromatic carbocycles. The van der Waals surface area contributed by atoms with Gasteiger partial charge in [-0.2, -0.15) is 0 Å². The number of aryl methyl sites for hydroxylation is 2. The van der Waals surface area contributed by atoms with E-state index >= 15 is 0 Å². The van der Waals surface area contributed by atoms with Crippen LogP contribution in [0.3, 0.4) is 0 Å². The van der Waals surface area contributed by atoms with E-state index in [1.807, 2.05) is 6.92 Å². The quantitative estimate of drug-likeness (QED) is 0.939. The van der Waals surface area contributed by atoms with Gasteiger partial charge in [0.2, 0.25) is 0 Å². The molecule has 3 rings (SSSR count). The summed E-state index contributed by atoms with van der Waals surface area (Å²) in [4.78, 5) is 8.89. The molecule has 0 saturated heterocycles. The molecule has 1 aromatic heterocycles. The summed E-state index contributed by atoms with van der Waals surface area (Å²) in [5.41, 5.74) is 2.50. The van der Waals surface area contributed by atoms with Crippen molar-refractivity contribution in [3.63, 3.8) is 0 Å². The van der Waals surface area contributed by atoms with Crippen molar-refractivity contribution in [3.8, 4) is 0 Å². The molecule has 0 aliphatic heterocycles. The van der Waals surface area contributed by atoms with Crippen molar-refractivity contribution in [2.24, 2.45) is 0 Å². The van der Waals surface area contributed by atoms with E-state index in [4.69, 9.17) is 0 Å². The van der Waals surface area contributed by atoms with Crippen LogP contribution in [0.1, 0.15) is 35.5 Å². The van der Waals surface area contributed by atoms with Crippen molar-refractivity contribution in [2.75, 3.05) is 5.32 Å². The van der Waals surface area contributed by atoms with E-state index < -0.39 is 11.6 Å². The Labute approximate surface area is 122 Å². The first kappa shape index (κ1) is 13.9. The summed E-state index contributed by atoms with van der Waals surface area (Å²) in [7, 11) is 0. The third-order valence-electron chi connectivity index (χ3n) is 3.75. The van der Waals surface area contributed by atoms with Crippen molar-refractivity contribution in [1.82, 2.24) is 9.97 Å². The summed E-state index contributed by atoms with van der Waals surface area (Å²) in [5.74, 6) is 0.608. The van der Waals surface area contributed by atoms with Crippen LogP contribution in [0.4, 0.5) is 14.6 Å². The second-order valence-corrected chi connectivity index (χ2v) is 5.34. The Morgan fingerprint density at radius 1 is 1.14 bits per heavy atom. The minimum Gasteiger partial charge on any atom is -0.366 e. The zero-order valence-electron chi connectivity index (χ0n) is 11.9. The maximum atomic E-state index is 13.7. The number of hydrogen-bond acceptors (Lipinski definition) is 3. The fraction of sp³-hybridized carbons (Fsp3) is 0.375. The molecule has 0 fully saturated rings. The van der Waals surface area contributed by atoms with E-state index in [0.717, 1.165) is 54.9 Å². The van der Waals surface area contributed by atoms with Gasteiger partial charge in [0, 0.05) is 23.4 Å². The summed E-state index contributed by atoms with van der Waals surface area (Å²) in [5, 5.41) is 3.14. The highest BCUT2D eigenvalue weighted by Crippen LogP contribution is 2.26. The Morgan fingerprint density at radius 2 is 1.95 bits per heavy atom. The number of nitrogens with zero attached hydrogens (tertiary/aromatic N) is 2. The van der Waals surface area contributed by atoms with Crippen LogP contribution >= 0.6 is 0 Å². The van der Waals surface area contributed by atoms with Crippen molar-refractivity contribution in [1.29, 1.82) is 0 Å². The molecule has 2 aromatic rings. The third kappa shape index (κ3) is 3.01. The van der Waals surface area contributed by atoms with E-state index in [0.29, 0.717) is 11.4 Å². The largest absolute Gasteiger partial charge is 0.366 e. The number of nitrogens with one attached hydrogen (secondary N) is 1. The van der Waals surface area contributed by atoms with Crippen molar-refractivity contribution in [3.05, 3.63) is 52.5 Å². The van der Waals surface area contributed by atoms with E-state index in [-0.39, 0.29) is 6.54 Å². The first-order valence-electron chi connectivity index (χ1n) is 7.17. The maximum absolute atomic E-state index is 13.7. The highest BCUT2D eigenvalue weighted by molar-refractivity contribution is 5.48. The lowest BCUT2D eigenvalue weighted by Crippen LogP contribution is -2.14. The molecule has 1 heterocycles. The van der Waals surface area contributed by atoms with Crippen LogP contribution in [0.2, 0.25) is 0 Å². The van der Waals surface area contributed by atoms with Crippen LogP contribution in [-0.2, 0) is 19.4 Å². The normalized spacial score (nSPS) is 13.9. The number of halogens is 2. The van der Waals surface area contributed by atoms with Gasteiger partial charge in [0.25, 0.3) is 0 Å². The molecule has 0 saturated carbocycles. The molecule has 1 aliphatic rings. The summed E-state index contributed by atoms with van der Waals surface area (Å²) < 4.78 is 26.8. The van der Waals surface area contributed by atoms with Crippen LogP contribution in [0.25, 0.3) is 0 Å². The van der Waals surface area contributed by atoms with Crippen LogP contribution in [-0.4, -0.2) is 9.97 Å². The average Bonchev–Trinajstić information content (AvgIpc) is 2.47. The van der Waals surface area contributed by atoms with E-state index in [2.05, 4.69) is 15.3 Å². The smallest absolute Gasteiger partial charge is 0.133 e. The minimum atomic E-state index is -0.436. The number of anilines is 1. The second-order valence-electron chi connectivity index (χ2n) is 5.34. The number of benzene rings is 1. The van der Waals surface area contributed by atoms with Gasteiger partial charge in [-0.15, -0.1) is 0 Å². The first-order chi connectivity index (χ1) is 10.1. The lowest BCUT2D eigenvalue weighted by molar-refractivity contribution is 0.587. The van der Waals surface area contributed by atoms with Crippen LogP contribution < -0.4 is 5.32 Å². The number of hydrogen-bond donors (Lipinski definition) is 1. The zero-order valence-corrected chi connectivity index (χ0v) is 11.9. The molecule has 1 aliphatic carbocycles. The Bertz CT molecular complexity index is 671. The molecule has 0 spiro atoms. The lowest BCUT2D eigenvalue weighted by Gasteiger charge is -2.19. The fourth-order valence-corrected chi connectivity index (χ4v) is 2.72. The number of aromatic nitrogens is 2. The predicted octanol–water partition coefficient (Wildman–Crippen LogP) is 3.55. The van der Waals surface area contributed by atoms with Gasteiger partial charge in [-0.05, 0) is 50.8 Å². The molecule has 5 heteroatoms. The van der Waals surface area contributed by atoms with Crippen molar-refractivity contribution < 1.29 is 8.78 Å². The molecule has 110 valence electrons. The Kier molecular flexibility index (Phi) is 3.82. The second kappa shape index (κ2) is 5.76. The van der Waals surface area contributed by atoms with E-state index in [1.165, 1.54) is 6.07 Å². The maximum Gasteiger partial charge on any atom is 0.133 e. The van der Waals surface area contributed by atoms with Gasteiger partial charge in [0.1, 0.15) is 23.3 Å². The topological polar surface area (TPSA) is 37.8 Å². The SMILES string of the molecule is Cc1nc2c(c(NCc3cc(F)ccc3F)n1)CCCC2. The molecule has 21 heavy (non-hydrogen) atoms. The highest BCUT2D eigenvalue weighted by Gasteiger charge is 2.17. The Morgan fingerprint density at radius 3 is 2.81 bits per heavy atom. The molecule has 0 atom stereocenters. The lowest BCUT2D eigenvalue weighted by atomic mass is 9.96. The van der Waals surface area contributed by atoms with Crippen LogP contribution in [0.15, 0.2) is 18.2 Å². The fourth-order valence-electron chi connectivity index (χ4n) is 2.72. The Hall–Kier alpha value is -2.04. The van der Waals surface area contributed by atoms with Crippen molar-refractivity contribution >= 4 is 5.82 Å². The third-order valence-corrected chi connectivity index (χ3v) is 3.75. The number of fused-ring (bicyclic) bond motifs is 1. The first-order valence-corrected chi connectivity index (χ1v) is 7.17. The van der Waals surface area contributed by atoms with Gasteiger partial charge in [0.15, 0.2) is 0 Å². The minimum absolute atomic E-state index is 0.215. The van der Waals surface area contributed by atoms with Gasteiger partial charge < -0.3 is 5.32 Å². The molecule has 3 nitrogen and oxygen atoms in total. The molecular formula is C16H17F2N3. The van der Waals surface area contributed by atoms with E-state index in [1.54, 1.807) is 0 Å². The monoisotopic (exact) mass is 289 g/mol. The van der Waals surface area contributed by atoms with Crippen molar-refractivity contribution in [2.45, 2.75) is 39.2 Å². The summed E-state index contributed by atoms with van der Waals surface area (Å²) in [6.07, 6.45) is 4.15. The summed E-state index contributed by atoms with van der Waals surface area (Å²) in [6.45, 7) is 2.06. The zero-order chi connectivity index (χ0) is 14.8. The van der Waals surface area contributed by atoms with Crippen LogP contribution in [0, 0.1) is 18.6 Å². The van der Waals surface area contributed by atoms with Crippen LogP contribution in [0.5, 0.6) is 0 Å². The van der Waals surface area contributed by atoms with Gasteiger partial charge >= 0.3 is 0 Å². The summed E-state index contributed by atoms with van der Waals surface area (Å²) in [6, 6.07) is 3.48. The van der Waals surface area contributed by atoms with Gasteiger partial charge in [-0.25, -0.2) is 18.7 Å². The average molecular weight is 289 g/mol. The molecular weight excluding hydrogens is 272 g/mol.